The van der Waals surface area contributed by atoms with Gasteiger partial charge in [-0.05, 0) is 24.1 Å². The van der Waals surface area contributed by atoms with E-state index in [0.29, 0.717) is 22.7 Å². The van der Waals surface area contributed by atoms with E-state index < -0.39 is 17.7 Å². The van der Waals surface area contributed by atoms with E-state index >= 15 is 0 Å². The fraction of sp³-hybridized carbons (Fsp3) is 0.269. The van der Waals surface area contributed by atoms with Gasteiger partial charge in [-0.25, -0.2) is 0 Å². The Balaban J connectivity index is 1.81. The maximum absolute atomic E-state index is 13.3. The summed E-state index contributed by atoms with van der Waals surface area (Å²) in [7, 11) is 0. The lowest BCUT2D eigenvalue weighted by Crippen LogP contribution is -2.31. The highest BCUT2D eigenvalue weighted by atomic mass is 16.5. The van der Waals surface area contributed by atoms with Crippen molar-refractivity contribution in [2.45, 2.75) is 26.3 Å². The van der Waals surface area contributed by atoms with Gasteiger partial charge in [0.2, 0.25) is 0 Å². The molecule has 2 aromatic carbocycles. The topological polar surface area (TPSA) is 113 Å². The molecule has 0 aliphatic carbocycles. The lowest BCUT2D eigenvalue weighted by Gasteiger charge is -2.28. The number of Topliss-reactive ketones (excluding diaryl/α,β-unsaturated/α-hetero) is 1. The lowest BCUT2D eigenvalue weighted by atomic mass is 9.91. The molecule has 1 aliphatic rings. The van der Waals surface area contributed by atoms with Crippen LogP contribution in [-0.4, -0.2) is 40.3 Å². The van der Waals surface area contributed by atoms with Gasteiger partial charge in [-0.2, -0.15) is 0 Å². The molecule has 1 unspecified atom stereocenters. The molecule has 1 atom stereocenters. The van der Waals surface area contributed by atoms with Gasteiger partial charge in [-0.3, -0.25) is 14.5 Å². The number of para-hydroxylation sites is 1. The zero-order valence-electron chi connectivity index (χ0n) is 19.0. The molecule has 4 rings (SSSR count). The number of nitrogens with zero attached hydrogens (tertiary/aromatic N) is 2. The Bertz CT molecular complexity index is 1200. The van der Waals surface area contributed by atoms with Crippen molar-refractivity contribution in [1.29, 1.82) is 0 Å². The normalized spacial score (nSPS) is 15.9. The number of hydrogen-bond acceptors (Lipinski definition) is 7. The molecule has 1 amide bonds. The molecule has 1 aliphatic heterocycles. The maximum Gasteiger partial charge on any atom is 0.294 e. The number of ether oxygens (including phenoxy) is 1. The first-order valence-corrected chi connectivity index (χ1v) is 11.1. The Morgan fingerprint density at radius 2 is 1.88 bits per heavy atom. The largest absolute Gasteiger partial charge is 0.503 e. The van der Waals surface area contributed by atoms with Gasteiger partial charge in [0.15, 0.2) is 11.5 Å². The number of anilines is 1. The molecule has 8 heteroatoms. The minimum Gasteiger partial charge on any atom is -0.503 e. The van der Waals surface area contributed by atoms with E-state index in [0.717, 1.165) is 5.56 Å². The third-order valence-corrected chi connectivity index (χ3v) is 5.54. The molecule has 1 aromatic heterocycles. The van der Waals surface area contributed by atoms with Crippen molar-refractivity contribution in [1.82, 2.24) is 5.16 Å². The van der Waals surface area contributed by atoms with Crippen LogP contribution in [0.4, 0.5) is 5.69 Å². The summed E-state index contributed by atoms with van der Waals surface area (Å²) in [6.07, 6.45) is 1.66. The summed E-state index contributed by atoms with van der Waals surface area (Å²) in [5.74, 6) is -1.07. The Morgan fingerprint density at radius 1 is 1.15 bits per heavy atom. The SMILES string of the molecule is CC(C)CC(=O)C1=C(O)C(=O)N(c2ccc(-c3ccon3)cc2)C1c1ccccc1OCCO. The second-order valence-electron chi connectivity index (χ2n) is 8.40. The zero-order valence-corrected chi connectivity index (χ0v) is 19.0. The summed E-state index contributed by atoms with van der Waals surface area (Å²) >= 11 is 0. The Kier molecular flexibility index (Phi) is 6.79. The number of aromatic nitrogens is 1. The van der Waals surface area contributed by atoms with E-state index in [1.807, 2.05) is 13.8 Å². The van der Waals surface area contributed by atoms with Crippen LogP contribution >= 0.6 is 0 Å². The Labute approximate surface area is 197 Å². The predicted molar refractivity (Wildman–Crippen MR) is 125 cm³/mol. The second kappa shape index (κ2) is 9.93. The Hall–Kier alpha value is -3.91. The van der Waals surface area contributed by atoms with E-state index in [1.54, 1.807) is 54.6 Å². The molecule has 0 bridgehead atoms. The van der Waals surface area contributed by atoms with Crippen LogP contribution < -0.4 is 9.64 Å². The first-order valence-electron chi connectivity index (χ1n) is 11.1. The number of hydrogen-bond donors (Lipinski definition) is 2. The average Bonchev–Trinajstić information content (AvgIpc) is 3.45. The highest BCUT2D eigenvalue weighted by Gasteiger charge is 2.45. The van der Waals surface area contributed by atoms with E-state index in [9.17, 15) is 19.8 Å². The second-order valence-corrected chi connectivity index (χ2v) is 8.40. The molecule has 2 N–H and O–H groups in total. The van der Waals surface area contributed by atoms with E-state index in [-0.39, 0.29) is 36.9 Å². The van der Waals surface area contributed by atoms with Crippen molar-refractivity contribution in [3.05, 3.63) is 77.8 Å². The van der Waals surface area contributed by atoms with Gasteiger partial charge in [0.1, 0.15) is 24.3 Å². The molecule has 8 nitrogen and oxygen atoms in total. The monoisotopic (exact) mass is 462 g/mol. The molecule has 2 heterocycles. The summed E-state index contributed by atoms with van der Waals surface area (Å²) in [5, 5.41) is 24.0. The van der Waals surface area contributed by atoms with Crippen LogP contribution in [0.3, 0.4) is 0 Å². The minimum atomic E-state index is -0.883. The summed E-state index contributed by atoms with van der Waals surface area (Å²) in [6, 6.07) is 14.9. The molecule has 176 valence electrons. The highest BCUT2D eigenvalue weighted by molar-refractivity contribution is 6.16. The third kappa shape index (κ3) is 4.45. The summed E-state index contributed by atoms with van der Waals surface area (Å²) in [5.41, 5.74) is 2.52. The number of benzene rings is 2. The average molecular weight is 463 g/mol. The van der Waals surface area contributed by atoms with Crippen LogP contribution in [0, 0.1) is 5.92 Å². The van der Waals surface area contributed by atoms with Crippen molar-refractivity contribution in [2.75, 3.05) is 18.1 Å². The Morgan fingerprint density at radius 3 is 2.53 bits per heavy atom. The molecule has 3 aromatic rings. The molecule has 0 saturated heterocycles. The van der Waals surface area contributed by atoms with Crippen LogP contribution in [0.1, 0.15) is 31.9 Å². The van der Waals surface area contributed by atoms with E-state index in [2.05, 4.69) is 5.16 Å². The molecule has 0 radical (unpaired) electrons. The molecular weight excluding hydrogens is 436 g/mol. The van der Waals surface area contributed by atoms with E-state index in [1.165, 1.54) is 11.2 Å². The summed E-state index contributed by atoms with van der Waals surface area (Å²) < 4.78 is 10.6. The zero-order chi connectivity index (χ0) is 24.2. The van der Waals surface area contributed by atoms with Crippen LogP contribution in [0.5, 0.6) is 5.75 Å². The van der Waals surface area contributed by atoms with E-state index in [4.69, 9.17) is 9.26 Å². The molecular formula is C26H26N2O6. The van der Waals surface area contributed by atoms with Gasteiger partial charge in [-0.1, -0.05) is 49.3 Å². The van der Waals surface area contributed by atoms with Gasteiger partial charge in [0.25, 0.3) is 5.91 Å². The van der Waals surface area contributed by atoms with Crippen LogP contribution in [0.2, 0.25) is 0 Å². The number of rotatable bonds is 9. The van der Waals surface area contributed by atoms with Crippen LogP contribution in [0.25, 0.3) is 11.3 Å². The minimum absolute atomic E-state index is 0.0410. The number of carbonyl (C=O) groups is 2. The number of amides is 1. The van der Waals surface area contributed by atoms with Gasteiger partial charge in [0.05, 0.1) is 18.2 Å². The number of aliphatic hydroxyl groups is 2. The highest BCUT2D eigenvalue weighted by Crippen LogP contribution is 2.44. The fourth-order valence-corrected chi connectivity index (χ4v) is 4.08. The van der Waals surface area contributed by atoms with Gasteiger partial charge in [0, 0.05) is 29.3 Å². The molecule has 0 saturated carbocycles. The van der Waals surface area contributed by atoms with Crippen LogP contribution in [-0.2, 0) is 9.59 Å². The maximum atomic E-state index is 13.3. The standard InChI is InChI=1S/C26H26N2O6/c1-16(2)15-21(30)23-24(19-5-3-4-6-22(19)33-14-12-29)28(26(32)25(23)31)18-9-7-17(8-10-18)20-11-13-34-27-20/h3-11,13,16,24,29,31H,12,14-15H2,1-2H3. The quantitative estimate of drug-likeness (QED) is 0.489. The van der Waals surface area contributed by atoms with Crippen molar-refractivity contribution in [2.24, 2.45) is 5.92 Å². The number of ketones is 1. The van der Waals surface area contributed by atoms with Crippen molar-refractivity contribution in [3.63, 3.8) is 0 Å². The molecule has 0 fully saturated rings. The first kappa shape index (κ1) is 23.3. The molecule has 34 heavy (non-hydrogen) atoms. The lowest BCUT2D eigenvalue weighted by molar-refractivity contribution is -0.118. The van der Waals surface area contributed by atoms with Gasteiger partial charge < -0.3 is 19.5 Å². The number of carbonyl (C=O) groups excluding carboxylic acids is 2. The summed E-state index contributed by atoms with van der Waals surface area (Å²) in [4.78, 5) is 27.9. The smallest absolute Gasteiger partial charge is 0.294 e. The predicted octanol–water partition coefficient (Wildman–Crippen LogP) is 4.23. The van der Waals surface area contributed by atoms with Crippen LogP contribution in [0.15, 0.2) is 76.7 Å². The third-order valence-electron chi connectivity index (χ3n) is 5.54. The summed E-state index contributed by atoms with van der Waals surface area (Å²) in [6.45, 7) is 3.67. The number of aliphatic hydroxyl groups excluding tert-OH is 2. The van der Waals surface area contributed by atoms with Gasteiger partial charge in [-0.15, -0.1) is 0 Å². The first-order chi connectivity index (χ1) is 16.4. The van der Waals surface area contributed by atoms with Crippen molar-refractivity contribution >= 4 is 17.4 Å². The van der Waals surface area contributed by atoms with Crippen molar-refractivity contribution in [3.8, 4) is 17.0 Å². The fourth-order valence-electron chi connectivity index (χ4n) is 4.08. The van der Waals surface area contributed by atoms with Crippen molar-refractivity contribution < 1.29 is 29.1 Å². The van der Waals surface area contributed by atoms with Gasteiger partial charge >= 0.3 is 0 Å². The molecule has 0 spiro atoms.